The van der Waals surface area contributed by atoms with Crippen molar-refractivity contribution in [2.24, 2.45) is 5.73 Å². The first kappa shape index (κ1) is 10.2. The second kappa shape index (κ2) is 4.14. The Bertz CT molecular complexity index is 527. The zero-order chi connectivity index (χ0) is 11.7. The summed E-state index contributed by atoms with van der Waals surface area (Å²) in [5.74, 6) is 0.930. The number of ether oxygens (including phenoxy) is 1. The fourth-order valence-electron chi connectivity index (χ4n) is 2.03. The number of benzene rings is 1. The predicted octanol–water partition coefficient (Wildman–Crippen LogP) is 1.41. The van der Waals surface area contributed by atoms with E-state index in [-0.39, 0.29) is 6.04 Å². The summed E-state index contributed by atoms with van der Waals surface area (Å²) in [4.78, 5) is 8.35. The lowest BCUT2D eigenvalue weighted by atomic mass is 10.00. The van der Waals surface area contributed by atoms with Crippen LogP contribution in [0.1, 0.15) is 5.56 Å². The normalized spacial score (nSPS) is 18.3. The Kier molecular flexibility index (Phi) is 2.49. The molecule has 0 spiro atoms. The molecule has 17 heavy (non-hydrogen) atoms. The van der Waals surface area contributed by atoms with Crippen LogP contribution in [-0.2, 0) is 6.42 Å². The van der Waals surface area contributed by atoms with Crippen LogP contribution in [0, 0.1) is 0 Å². The van der Waals surface area contributed by atoms with Gasteiger partial charge < -0.3 is 10.5 Å². The van der Waals surface area contributed by atoms with E-state index in [1.165, 1.54) is 0 Å². The number of hydrogen-bond acceptors (Lipinski definition) is 4. The van der Waals surface area contributed by atoms with Crippen molar-refractivity contribution in [1.29, 1.82) is 0 Å². The number of fused-ring (bicyclic) bond motifs is 1. The Morgan fingerprint density at radius 3 is 3.06 bits per heavy atom. The van der Waals surface area contributed by atoms with Crippen LogP contribution in [-0.4, -0.2) is 22.6 Å². The average molecular weight is 227 g/mol. The van der Waals surface area contributed by atoms with Gasteiger partial charge in [0.25, 0.3) is 0 Å². The van der Waals surface area contributed by atoms with Gasteiger partial charge in [-0.25, -0.2) is 0 Å². The van der Waals surface area contributed by atoms with Gasteiger partial charge in [-0.3, -0.25) is 9.97 Å². The zero-order valence-electron chi connectivity index (χ0n) is 9.34. The van der Waals surface area contributed by atoms with Crippen LogP contribution >= 0.6 is 0 Å². The average Bonchev–Trinajstić information content (AvgIpc) is 2.39. The topological polar surface area (TPSA) is 61.0 Å². The molecule has 0 aliphatic carbocycles. The molecule has 4 nitrogen and oxygen atoms in total. The smallest absolute Gasteiger partial charge is 0.122 e. The summed E-state index contributed by atoms with van der Waals surface area (Å²) >= 11 is 0. The Labute approximate surface area is 99.5 Å². The number of nitrogens with two attached hydrogens (primary N) is 1. The van der Waals surface area contributed by atoms with Crippen LogP contribution in [0.25, 0.3) is 11.3 Å². The van der Waals surface area contributed by atoms with E-state index in [2.05, 4.69) is 16.0 Å². The molecule has 0 bridgehead atoms. The Balaban J connectivity index is 2.01. The number of rotatable bonds is 1. The van der Waals surface area contributed by atoms with E-state index in [4.69, 9.17) is 10.5 Å². The summed E-state index contributed by atoms with van der Waals surface area (Å²) in [6.45, 7) is 0.595. The maximum Gasteiger partial charge on any atom is 0.122 e. The molecule has 3 rings (SSSR count). The summed E-state index contributed by atoms with van der Waals surface area (Å²) < 4.78 is 5.57. The molecule has 2 heterocycles. The Morgan fingerprint density at radius 2 is 2.24 bits per heavy atom. The monoisotopic (exact) mass is 227 g/mol. The summed E-state index contributed by atoms with van der Waals surface area (Å²) in [6, 6.07) is 6.14. The van der Waals surface area contributed by atoms with E-state index in [1.807, 2.05) is 12.1 Å². The molecule has 1 aromatic carbocycles. The molecule has 2 N–H and O–H groups in total. The Morgan fingerprint density at radius 1 is 1.29 bits per heavy atom. The summed E-state index contributed by atoms with van der Waals surface area (Å²) in [7, 11) is 0. The molecule has 0 radical (unpaired) electrons. The summed E-state index contributed by atoms with van der Waals surface area (Å²) in [5.41, 5.74) is 8.95. The lowest BCUT2D eigenvalue weighted by molar-refractivity contribution is 0.263. The van der Waals surface area contributed by atoms with Gasteiger partial charge in [-0.15, -0.1) is 0 Å². The molecular formula is C13H13N3O. The molecule has 1 atom stereocenters. The van der Waals surface area contributed by atoms with Crippen LogP contribution in [0.4, 0.5) is 0 Å². The van der Waals surface area contributed by atoms with Crippen LogP contribution in [0.3, 0.4) is 0 Å². The first-order chi connectivity index (χ1) is 8.33. The second-order valence-corrected chi connectivity index (χ2v) is 4.19. The van der Waals surface area contributed by atoms with Crippen molar-refractivity contribution in [2.75, 3.05) is 6.61 Å². The highest BCUT2D eigenvalue weighted by atomic mass is 16.5. The van der Waals surface area contributed by atoms with Crippen LogP contribution in [0.15, 0.2) is 36.8 Å². The van der Waals surface area contributed by atoms with Crippen molar-refractivity contribution in [3.63, 3.8) is 0 Å². The Hall–Kier alpha value is -1.94. The fraction of sp³-hybridized carbons (Fsp3) is 0.231. The molecule has 0 unspecified atom stereocenters. The minimum atomic E-state index is 0.0830. The predicted molar refractivity (Wildman–Crippen MR) is 64.6 cm³/mol. The van der Waals surface area contributed by atoms with Crippen molar-refractivity contribution in [3.05, 3.63) is 42.4 Å². The third-order valence-corrected chi connectivity index (χ3v) is 2.85. The van der Waals surface area contributed by atoms with Crippen molar-refractivity contribution in [3.8, 4) is 17.0 Å². The molecule has 1 aromatic heterocycles. The molecule has 1 aliphatic heterocycles. The third kappa shape index (κ3) is 1.99. The maximum absolute atomic E-state index is 5.89. The van der Waals surface area contributed by atoms with Gasteiger partial charge in [-0.1, -0.05) is 0 Å². The van der Waals surface area contributed by atoms with Gasteiger partial charge >= 0.3 is 0 Å². The van der Waals surface area contributed by atoms with Gasteiger partial charge in [0.15, 0.2) is 0 Å². The van der Waals surface area contributed by atoms with Gasteiger partial charge in [0, 0.05) is 24.0 Å². The van der Waals surface area contributed by atoms with E-state index in [9.17, 15) is 0 Å². The standard InChI is InChI=1S/C13H13N3O/c14-11-6-10-5-9(1-2-13(10)17-8-11)12-7-15-3-4-16-12/h1-5,7,11H,6,8,14H2/t11-/m1/s1. The largest absolute Gasteiger partial charge is 0.492 e. The number of aromatic nitrogens is 2. The molecule has 0 fully saturated rings. The fourth-order valence-corrected chi connectivity index (χ4v) is 2.03. The summed E-state index contributed by atoms with van der Waals surface area (Å²) in [6.07, 6.45) is 5.97. The summed E-state index contributed by atoms with van der Waals surface area (Å²) in [5, 5.41) is 0. The number of hydrogen-bond donors (Lipinski definition) is 1. The molecule has 0 saturated carbocycles. The van der Waals surface area contributed by atoms with Gasteiger partial charge in [0.2, 0.25) is 0 Å². The van der Waals surface area contributed by atoms with E-state index < -0.39 is 0 Å². The highest BCUT2D eigenvalue weighted by molar-refractivity contribution is 5.61. The van der Waals surface area contributed by atoms with Crippen LogP contribution < -0.4 is 10.5 Å². The highest BCUT2D eigenvalue weighted by Gasteiger charge is 2.17. The van der Waals surface area contributed by atoms with E-state index in [1.54, 1.807) is 18.6 Å². The lowest BCUT2D eigenvalue weighted by Gasteiger charge is -2.22. The SMILES string of the molecule is N[C@H]1COc2ccc(-c3cnccn3)cc2C1. The third-order valence-electron chi connectivity index (χ3n) is 2.85. The van der Waals surface area contributed by atoms with Gasteiger partial charge in [-0.05, 0) is 30.2 Å². The van der Waals surface area contributed by atoms with Gasteiger partial charge in [0.05, 0.1) is 11.9 Å². The molecule has 0 saturated heterocycles. The highest BCUT2D eigenvalue weighted by Crippen LogP contribution is 2.28. The molecule has 2 aromatic rings. The van der Waals surface area contributed by atoms with Crippen molar-refractivity contribution >= 4 is 0 Å². The molecule has 4 heteroatoms. The quantitative estimate of drug-likeness (QED) is 0.800. The zero-order valence-corrected chi connectivity index (χ0v) is 9.34. The van der Waals surface area contributed by atoms with Crippen LogP contribution in [0.2, 0.25) is 0 Å². The first-order valence-electron chi connectivity index (χ1n) is 5.60. The van der Waals surface area contributed by atoms with Crippen molar-refractivity contribution in [1.82, 2.24) is 9.97 Å². The molecular weight excluding hydrogens is 214 g/mol. The van der Waals surface area contributed by atoms with Crippen molar-refractivity contribution < 1.29 is 4.74 Å². The van der Waals surface area contributed by atoms with Crippen molar-refractivity contribution in [2.45, 2.75) is 12.5 Å². The van der Waals surface area contributed by atoms with E-state index in [0.29, 0.717) is 6.61 Å². The maximum atomic E-state index is 5.89. The van der Waals surface area contributed by atoms with Crippen LogP contribution in [0.5, 0.6) is 5.75 Å². The molecule has 1 aliphatic rings. The molecule has 86 valence electrons. The van der Waals surface area contributed by atoms with Gasteiger partial charge in [-0.2, -0.15) is 0 Å². The van der Waals surface area contributed by atoms with E-state index >= 15 is 0 Å². The minimum absolute atomic E-state index is 0.0830. The minimum Gasteiger partial charge on any atom is -0.492 e. The lowest BCUT2D eigenvalue weighted by Crippen LogP contribution is -2.33. The second-order valence-electron chi connectivity index (χ2n) is 4.19. The molecule has 0 amide bonds. The van der Waals surface area contributed by atoms with E-state index in [0.717, 1.165) is 29.0 Å². The number of nitrogens with zero attached hydrogens (tertiary/aromatic N) is 2. The first-order valence-corrected chi connectivity index (χ1v) is 5.60. The van der Waals surface area contributed by atoms with Gasteiger partial charge in [0.1, 0.15) is 12.4 Å².